The highest BCUT2D eigenvalue weighted by Crippen LogP contribution is 2.21. The summed E-state index contributed by atoms with van der Waals surface area (Å²) in [6, 6.07) is 0. The van der Waals surface area contributed by atoms with E-state index in [-0.39, 0.29) is 0 Å². The number of hydrogen-bond acceptors (Lipinski definition) is 4. The van der Waals surface area contributed by atoms with E-state index in [4.69, 9.17) is 9.84 Å². The van der Waals surface area contributed by atoms with Crippen LogP contribution >= 0.6 is 0 Å². The average Bonchev–Trinajstić information content (AvgIpc) is 2.46. The van der Waals surface area contributed by atoms with Crippen molar-refractivity contribution in [1.82, 2.24) is 0 Å². The molecule has 3 atom stereocenters. The minimum absolute atomic E-state index is 0.505. The summed E-state index contributed by atoms with van der Waals surface area (Å²) in [5.41, 5.74) is 0. The standard InChI is InChI=1S/C11H20O4/c1-2-3-4-5-6-7-8-9(12)10(13)11(14)15-8/h8-10,12-13H,2-7H2,1H3/t8-,9+,10-/m1/s1. The van der Waals surface area contributed by atoms with Gasteiger partial charge in [-0.15, -0.1) is 0 Å². The first-order chi connectivity index (χ1) is 7.16. The number of aliphatic hydroxyl groups is 2. The van der Waals surface area contributed by atoms with E-state index in [1.807, 2.05) is 0 Å². The van der Waals surface area contributed by atoms with Crippen molar-refractivity contribution in [3.8, 4) is 0 Å². The maximum atomic E-state index is 10.9. The maximum absolute atomic E-state index is 10.9. The fraction of sp³-hybridized carbons (Fsp3) is 0.909. The van der Waals surface area contributed by atoms with Gasteiger partial charge < -0.3 is 14.9 Å². The summed E-state index contributed by atoms with van der Waals surface area (Å²) in [6.07, 6.45) is 3.37. The largest absolute Gasteiger partial charge is 0.457 e. The maximum Gasteiger partial charge on any atom is 0.338 e. The van der Waals surface area contributed by atoms with Crippen molar-refractivity contribution in [3.63, 3.8) is 0 Å². The first-order valence-corrected chi connectivity index (χ1v) is 5.73. The molecule has 0 saturated carbocycles. The normalized spacial score (nSPS) is 30.6. The molecule has 4 heteroatoms. The van der Waals surface area contributed by atoms with E-state index < -0.39 is 24.3 Å². The quantitative estimate of drug-likeness (QED) is 0.513. The summed E-state index contributed by atoms with van der Waals surface area (Å²) in [7, 11) is 0. The van der Waals surface area contributed by atoms with Gasteiger partial charge in [-0.3, -0.25) is 0 Å². The Labute approximate surface area is 90.2 Å². The topological polar surface area (TPSA) is 66.8 Å². The second kappa shape index (κ2) is 6.08. The summed E-state index contributed by atoms with van der Waals surface area (Å²) in [5, 5.41) is 18.6. The lowest BCUT2D eigenvalue weighted by molar-refractivity contribution is -0.147. The third kappa shape index (κ3) is 3.47. The van der Waals surface area contributed by atoms with Crippen molar-refractivity contribution < 1.29 is 19.7 Å². The molecule has 0 aromatic heterocycles. The Morgan fingerprint density at radius 1 is 1.20 bits per heavy atom. The van der Waals surface area contributed by atoms with Crippen molar-refractivity contribution in [2.75, 3.05) is 0 Å². The molecule has 0 unspecified atom stereocenters. The molecule has 1 heterocycles. The van der Waals surface area contributed by atoms with Crippen LogP contribution in [0.3, 0.4) is 0 Å². The molecule has 1 aliphatic heterocycles. The number of esters is 1. The summed E-state index contributed by atoms with van der Waals surface area (Å²) >= 11 is 0. The van der Waals surface area contributed by atoms with E-state index in [0.29, 0.717) is 6.42 Å². The SMILES string of the molecule is CCCCCCC[C@H]1OC(=O)[C@H](O)[C@H]1O. The number of unbranched alkanes of at least 4 members (excludes halogenated alkanes) is 4. The molecule has 1 fully saturated rings. The zero-order valence-electron chi connectivity index (χ0n) is 9.19. The van der Waals surface area contributed by atoms with Crippen LogP contribution in [0, 0.1) is 0 Å². The molecule has 88 valence electrons. The zero-order chi connectivity index (χ0) is 11.3. The van der Waals surface area contributed by atoms with Crippen LogP contribution in [0.15, 0.2) is 0 Å². The van der Waals surface area contributed by atoms with E-state index in [1.165, 1.54) is 19.3 Å². The van der Waals surface area contributed by atoms with Crippen LogP contribution in [0.4, 0.5) is 0 Å². The Morgan fingerprint density at radius 3 is 2.40 bits per heavy atom. The summed E-state index contributed by atoms with van der Waals surface area (Å²) in [5.74, 6) is -0.693. The second-order valence-corrected chi connectivity index (χ2v) is 4.11. The summed E-state index contributed by atoms with van der Waals surface area (Å²) in [4.78, 5) is 10.9. The van der Waals surface area contributed by atoms with Gasteiger partial charge in [-0.25, -0.2) is 4.79 Å². The Hall–Kier alpha value is -0.610. The minimum Gasteiger partial charge on any atom is -0.457 e. The van der Waals surface area contributed by atoms with Crippen LogP contribution < -0.4 is 0 Å². The van der Waals surface area contributed by atoms with Crippen LogP contribution in [0.1, 0.15) is 45.4 Å². The minimum atomic E-state index is -1.34. The fourth-order valence-corrected chi connectivity index (χ4v) is 1.81. The Morgan fingerprint density at radius 2 is 1.87 bits per heavy atom. The molecule has 0 aliphatic carbocycles. The smallest absolute Gasteiger partial charge is 0.338 e. The lowest BCUT2D eigenvalue weighted by Gasteiger charge is -2.12. The monoisotopic (exact) mass is 216 g/mol. The number of carbonyl (C=O) groups excluding carboxylic acids is 1. The third-order valence-electron chi connectivity index (χ3n) is 2.81. The van der Waals surface area contributed by atoms with Gasteiger partial charge >= 0.3 is 5.97 Å². The number of cyclic esters (lactones) is 1. The van der Waals surface area contributed by atoms with Gasteiger partial charge in [0.15, 0.2) is 6.10 Å². The van der Waals surface area contributed by atoms with Gasteiger partial charge in [0.1, 0.15) is 12.2 Å². The van der Waals surface area contributed by atoms with E-state index in [1.54, 1.807) is 0 Å². The lowest BCUT2D eigenvalue weighted by atomic mass is 10.0. The number of rotatable bonds is 6. The molecule has 1 aliphatic rings. The first kappa shape index (κ1) is 12.5. The molecule has 1 saturated heterocycles. The van der Waals surface area contributed by atoms with Gasteiger partial charge in [-0.2, -0.15) is 0 Å². The zero-order valence-corrected chi connectivity index (χ0v) is 9.19. The fourth-order valence-electron chi connectivity index (χ4n) is 1.81. The van der Waals surface area contributed by atoms with Crippen molar-refractivity contribution >= 4 is 5.97 Å². The van der Waals surface area contributed by atoms with Gasteiger partial charge in [0, 0.05) is 0 Å². The van der Waals surface area contributed by atoms with Crippen molar-refractivity contribution in [2.45, 2.75) is 63.8 Å². The second-order valence-electron chi connectivity index (χ2n) is 4.11. The highest BCUT2D eigenvalue weighted by molar-refractivity contribution is 5.77. The summed E-state index contributed by atoms with van der Waals surface area (Å²) in [6.45, 7) is 2.15. The predicted octanol–water partition coefficient (Wildman–Crippen LogP) is 0.994. The molecule has 0 amide bonds. The molecule has 0 radical (unpaired) electrons. The van der Waals surface area contributed by atoms with Crippen LogP contribution in [0.25, 0.3) is 0 Å². The van der Waals surface area contributed by atoms with E-state index in [0.717, 1.165) is 12.8 Å². The van der Waals surface area contributed by atoms with Gasteiger partial charge in [0.05, 0.1) is 0 Å². The number of ether oxygens (including phenoxy) is 1. The van der Waals surface area contributed by atoms with Crippen molar-refractivity contribution in [3.05, 3.63) is 0 Å². The molecule has 4 nitrogen and oxygen atoms in total. The molecule has 0 bridgehead atoms. The average molecular weight is 216 g/mol. The Kier molecular flexibility index (Phi) is 5.05. The number of aliphatic hydroxyl groups excluding tert-OH is 2. The van der Waals surface area contributed by atoms with Crippen LogP contribution in [0.2, 0.25) is 0 Å². The highest BCUT2D eigenvalue weighted by Gasteiger charge is 2.41. The predicted molar refractivity (Wildman–Crippen MR) is 55.3 cm³/mol. The summed E-state index contributed by atoms with van der Waals surface area (Å²) < 4.78 is 4.85. The molecular weight excluding hydrogens is 196 g/mol. The van der Waals surface area contributed by atoms with Gasteiger partial charge in [-0.05, 0) is 12.8 Å². The third-order valence-corrected chi connectivity index (χ3v) is 2.81. The molecule has 1 rings (SSSR count). The molecular formula is C11H20O4. The van der Waals surface area contributed by atoms with Crippen LogP contribution in [-0.4, -0.2) is 34.5 Å². The molecule has 2 N–H and O–H groups in total. The molecule has 0 aromatic carbocycles. The Bertz CT molecular complexity index is 205. The molecule has 0 aromatic rings. The lowest BCUT2D eigenvalue weighted by Crippen LogP contribution is -2.30. The Balaban J connectivity index is 2.14. The van der Waals surface area contributed by atoms with E-state index in [9.17, 15) is 9.90 Å². The van der Waals surface area contributed by atoms with Crippen molar-refractivity contribution in [2.24, 2.45) is 0 Å². The van der Waals surface area contributed by atoms with E-state index >= 15 is 0 Å². The highest BCUT2D eigenvalue weighted by atomic mass is 16.6. The van der Waals surface area contributed by atoms with Crippen molar-refractivity contribution in [1.29, 1.82) is 0 Å². The number of carbonyl (C=O) groups is 1. The first-order valence-electron chi connectivity index (χ1n) is 5.73. The van der Waals surface area contributed by atoms with Gasteiger partial charge in [0.2, 0.25) is 0 Å². The van der Waals surface area contributed by atoms with Gasteiger partial charge in [0.25, 0.3) is 0 Å². The molecule has 0 spiro atoms. The van der Waals surface area contributed by atoms with Gasteiger partial charge in [-0.1, -0.05) is 32.6 Å². The van der Waals surface area contributed by atoms with Crippen LogP contribution in [0.5, 0.6) is 0 Å². The molecule has 15 heavy (non-hydrogen) atoms. The number of hydrogen-bond donors (Lipinski definition) is 2. The van der Waals surface area contributed by atoms with Crippen LogP contribution in [-0.2, 0) is 9.53 Å². The van der Waals surface area contributed by atoms with E-state index in [2.05, 4.69) is 6.92 Å².